The van der Waals surface area contributed by atoms with Gasteiger partial charge in [0, 0.05) is 18.5 Å². The molecule has 0 aliphatic rings. The summed E-state index contributed by atoms with van der Waals surface area (Å²) in [6.45, 7) is 1.78. The van der Waals surface area contributed by atoms with Crippen molar-refractivity contribution in [2.24, 2.45) is 0 Å². The Hall–Kier alpha value is -2.09. The number of nitrogens with one attached hydrogen (secondary N) is 2. The molecule has 1 amide bonds. The first-order valence-corrected chi connectivity index (χ1v) is 4.56. The van der Waals surface area contributed by atoms with Crippen molar-refractivity contribution < 1.29 is 4.79 Å². The lowest BCUT2D eigenvalue weighted by atomic mass is 10.2. The van der Waals surface area contributed by atoms with Crippen LogP contribution in [-0.4, -0.2) is 16.9 Å². The third-order valence-electron chi connectivity index (χ3n) is 1.94. The van der Waals surface area contributed by atoms with Crippen LogP contribution in [0.4, 0.5) is 0 Å². The molecule has 1 heterocycles. The van der Waals surface area contributed by atoms with Gasteiger partial charge in [-0.05, 0) is 6.42 Å². The summed E-state index contributed by atoms with van der Waals surface area (Å²) in [5, 5.41) is 11.1. The van der Waals surface area contributed by atoms with E-state index in [9.17, 15) is 9.59 Å². The molecule has 0 aromatic carbocycles. The number of amides is 1. The summed E-state index contributed by atoms with van der Waals surface area (Å²) in [6.07, 6.45) is 3.27. The maximum atomic E-state index is 11.5. The summed E-state index contributed by atoms with van der Waals surface area (Å²) in [5.74, 6) is -0.523. The van der Waals surface area contributed by atoms with Gasteiger partial charge in [-0.2, -0.15) is 5.26 Å². The quantitative estimate of drug-likeness (QED) is 0.749. The van der Waals surface area contributed by atoms with E-state index in [4.69, 9.17) is 5.26 Å². The zero-order valence-corrected chi connectivity index (χ0v) is 8.28. The van der Waals surface area contributed by atoms with E-state index >= 15 is 0 Å². The first kappa shape index (κ1) is 11.0. The van der Waals surface area contributed by atoms with Gasteiger partial charge in [-0.15, -0.1) is 0 Å². The largest absolute Gasteiger partial charge is 0.367 e. The van der Waals surface area contributed by atoms with E-state index in [2.05, 4.69) is 10.3 Å². The highest BCUT2D eigenvalue weighted by Crippen LogP contribution is 1.93. The molecule has 5 heteroatoms. The van der Waals surface area contributed by atoms with E-state index in [0.717, 1.165) is 0 Å². The summed E-state index contributed by atoms with van der Waals surface area (Å²) in [5.41, 5.74) is -0.342. The van der Waals surface area contributed by atoms with Crippen LogP contribution in [0.15, 0.2) is 23.3 Å². The van der Waals surface area contributed by atoms with Crippen LogP contribution in [0.5, 0.6) is 0 Å². The topological polar surface area (TPSA) is 85.8 Å². The van der Waals surface area contributed by atoms with Crippen LogP contribution in [0, 0.1) is 11.3 Å². The summed E-state index contributed by atoms with van der Waals surface area (Å²) < 4.78 is 0. The van der Waals surface area contributed by atoms with Crippen molar-refractivity contribution in [3.8, 4) is 6.07 Å². The number of carbonyl (C=O) groups excluding carboxylic acids is 1. The summed E-state index contributed by atoms with van der Waals surface area (Å²) >= 11 is 0. The molecule has 1 unspecified atom stereocenters. The van der Waals surface area contributed by atoms with Gasteiger partial charge in [-0.1, -0.05) is 6.92 Å². The lowest BCUT2D eigenvalue weighted by molar-refractivity contribution is 0.0943. The standard InChI is InChI=1S/C10H11N3O2/c1-2-7(5-11)13-10(15)8-6-12-4-3-9(8)14/h3-4,6-7H,2H2,1H3,(H,12,14)(H,13,15). The SMILES string of the molecule is CCC(C#N)NC(=O)c1c[nH]ccc1=O. The minimum absolute atomic E-state index is 0.0196. The number of aromatic nitrogens is 1. The molecule has 0 saturated carbocycles. The van der Waals surface area contributed by atoms with Gasteiger partial charge >= 0.3 is 0 Å². The number of pyridine rings is 1. The second-order valence-electron chi connectivity index (χ2n) is 2.99. The molecule has 0 bridgehead atoms. The van der Waals surface area contributed by atoms with Gasteiger partial charge < -0.3 is 10.3 Å². The number of hydrogen-bond acceptors (Lipinski definition) is 3. The van der Waals surface area contributed by atoms with Gasteiger partial charge in [-0.25, -0.2) is 0 Å². The molecule has 78 valence electrons. The second kappa shape index (κ2) is 4.96. The van der Waals surface area contributed by atoms with Crippen molar-refractivity contribution in [1.29, 1.82) is 5.26 Å². The van der Waals surface area contributed by atoms with E-state index in [-0.39, 0.29) is 11.0 Å². The molecule has 1 aromatic heterocycles. The Morgan fingerprint density at radius 2 is 2.47 bits per heavy atom. The molecule has 15 heavy (non-hydrogen) atoms. The van der Waals surface area contributed by atoms with Crippen molar-refractivity contribution in [1.82, 2.24) is 10.3 Å². The zero-order chi connectivity index (χ0) is 11.3. The third kappa shape index (κ3) is 2.68. The van der Waals surface area contributed by atoms with Crippen LogP contribution in [-0.2, 0) is 0 Å². The van der Waals surface area contributed by atoms with Gasteiger partial charge in [0.2, 0.25) is 0 Å². The molecule has 0 aliphatic heterocycles. The number of nitriles is 1. The predicted molar refractivity (Wildman–Crippen MR) is 54.2 cm³/mol. The Kier molecular flexibility index (Phi) is 3.63. The molecular weight excluding hydrogens is 194 g/mol. The normalized spacial score (nSPS) is 11.5. The van der Waals surface area contributed by atoms with Gasteiger partial charge in [-0.3, -0.25) is 9.59 Å². The molecule has 5 nitrogen and oxygen atoms in total. The van der Waals surface area contributed by atoms with Crippen LogP contribution in [0.25, 0.3) is 0 Å². The molecule has 2 N–H and O–H groups in total. The summed E-state index contributed by atoms with van der Waals surface area (Å²) in [7, 11) is 0. The second-order valence-corrected chi connectivity index (χ2v) is 2.99. The Labute approximate surface area is 86.7 Å². The average Bonchev–Trinajstić information content (AvgIpc) is 2.26. The number of nitrogens with zero attached hydrogens (tertiary/aromatic N) is 1. The van der Waals surface area contributed by atoms with Crippen LogP contribution in [0.1, 0.15) is 23.7 Å². The fraction of sp³-hybridized carbons (Fsp3) is 0.300. The molecule has 0 aliphatic carbocycles. The Morgan fingerprint density at radius 1 is 1.73 bits per heavy atom. The fourth-order valence-corrected chi connectivity index (χ4v) is 1.06. The van der Waals surface area contributed by atoms with Gasteiger partial charge in [0.15, 0.2) is 5.43 Å². The Balaban J connectivity index is 2.83. The lowest BCUT2D eigenvalue weighted by Crippen LogP contribution is -2.35. The van der Waals surface area contributed by atoms with Crippen LogP contribution < -0.4 is 10.7 Å². The molecule has 1 atom stereocenters. The Bertz CT molecular complexity index is 444. The Morgan fingerprint density at radius 3 is 3.00 bits per heavy atom. The first-order chi connectivity index (χ1) is 7.19. The highest BCUT2D eigenvalue weighted by Gasteiger charge is 2.13. The maximum absolute atomic E-state index is 11.5. The number of aromatic amines is 1. The molecule has 1 rings (SSSR count). The number of H-pyrrole nitrogens is 1. The fourth-order valence-electron chi connectivity index (χ4n) is 1.06. The van der Waals surface area contributed by atoms with Crippen LogP contribution in [0.2, 0.25) is 0 Å². The van der Waals surface area contributed by atoms with Crippen molar-refractivity contribution in [2.75, 3.05) is 0 Å². The van der Waals surface area contributed by atoms with E-state index in [1.165, 1.54) is 18.5 Å². The van der Waals surface area contributed by atoms with Gasteiger partial charge in [0.25, 0.3) is 5.91 Å². The third-order valence-corrected chi connectivity index (χ3v) is 1.94. The predicted octanol–water partition coefficient (Wildman–Crippen LogP) is 0.407. The van der Waals surface area contributed by atoms with E-state index < -0.39 is 11.9 Å². The molecular formula is C10H11N3O2. The van der Waals surface area contributed by atoms with Crippen molar-refractivity contribution >= 4 is 5.91 Å². The van der Waals surface area contributed by atoms with Gasteiger partial charge in [0.05, 0.1) is 6.07 Å². The highest BCUT2D eigenvalue weighted by molar-refractivity contribution is 5.94. The number of rotatable bonds is 3. The minimum atomic E-state index is -0.558. The lowest BCUT2D eigenvalue weighted by Gasteiger charge is -2.07. The van der Waals surface area contributed by atoms with E-state index in [1.54, 1.807) is 6.92 Å². The number of hydrogen-bond donors (Lipinski definition) is 2. The highest BCUT2D eigenvalue weighted by atomic mass is 16.2. The zero-order valence-electron chi connectivity index (χ0n) is 8.28. The molecule has 0 saturated heterocycles. The van der Waals surface area contributed by atoms with Crippen molar-refractivity contribution in [2.45, 2.75) is 19.4 Å². The van der Waals surface area contributed by atoms with E-state index in [1.807, 2.05) is 6.07 Å². The summed E-state index contributed by atoms with van der Waals surface area (Å²) in [4.78, 5) is 25.4. The van der Waals surface area contributed by atoms with Crippen molar-refractivity contribution in [3.63, 3.8) is 0 Å². The minimum Gasteiger partial charge on any atom is -0.367 e. The van der Waals surface area contributed by atoms with Gasteiger partial charge in [0.1, 0.15) is 11.6 Å². The first-order valence-electron chi connectivity index (χ1n) is 4.56. The molecule has 1 aromatic rings. The smallest absolute Gasteiger partial charge is 0.257 e. The molecule has 0 fully saturated rings. The summed E-state index contributed by atoms with van der Waals surface area (Å²) in [6, 6.07) is 2.64. The van der Waals surface area contributed by atoms with Crippen LogP contribution in [0.3, 0.4) is 0 Å². The van der Waals surface area contributed by atoms with E-state index in [0.29, 0.717) is 6.42 Å². The average molecular weight is 205 g/mol. The maximum Gasteiger partial charge on any atom is 0.257 e. The van der Waals surface area contributed by atoms with Crippen molar-refractivity contribution in [3.05, 3.63) is 34.2 Å². The molecule has 0 radical (unpaired) electrons. The van der Waals surface area contributed by atoms with Crippen LogP contribution >= 0.6 is 0 Å². The number of carbonyl (C=O) groups is 1. The molecule has 0 spiro atoms. The monoisotopic (exact) mass is 205 g/mol.